The average molecular weight is 356 g/mol. The van der Waals surface area contributed by atoms with Gasteiger partial charge in [-0.15, -0.1) is 0 Å². The molecule has 3 heteroatoms. The Morgan fingerprint density at radius 3 is 1.68 bits per heavy atom. The summed E-state index contributed by atoms with van der Waals surface area (Å²) >= 11 is 0. The van der Waals surface area contributed by atoms with Crippen molar-refractivity contribution in [2.24, 2.45) is 5.73 Å². The smallest absolute Gasteiger partial charge is 0.261 e. The first-order valence-electron chi connectivity index (χ1n) is 9.47. The molecule has 2 nitrogen and oxygen atoms in total. The van der Waals surface area contributed by atoms with E-state index in [2.05, 4.69) is 81.4 Å². The molecule has 2 aromatic rings. The van der Waals surface area contributed by atoms with Crippen LogP contribution in [0.15, 0.2) is 60.7 Å². The van der Waals surface area contributed by atoms with Crippen LogP contribution in [0.5, 0.6) is 0 Å². The lowest BCUT2D eigenvalue weighted by Gasteiger charge is -2.43. The summed E-state index contributed by atoms with van der Waals surface area (Å²) in [4.78, 5) is 0. The fourth-order valence-electron chi connectivity index (χ4n) is 3.59. The van der Waals surface area contributed by atoms with E-state index in [9.17, 15) is 0 Å². The van der Waals surface area contributed by atoms with Crippen LogP contribution in [0.4, 0.5) is 0 Å². The van der Waals surface area contributed by atoms with Crippen LogP contribution in [-0.2, 0) is 4.43 Å². The van der Waals surface area contributed by atoms with Gasteiger partial charge < -0.3 is 10.2 Å². The molecule has 0 saturated heterocycles. The van der Waals surface area contributed by atoms with Crippen molar-refractivity contribution in [3.05, 3.63) is 60.7 Å². The Morgan fingerprint density at radius 1 is 0.760 bits per heavy atom. The third kappa shape index (κ3) is 4.81. The minimum atomic E-state index is -2.34. The van der Waals surface area contributed by atoms with E-state index in [-0.39, 0.29) is 5.04 Å². The van der Waals surface area contributed by atoms with Gasteiger partial charge in [0.25, 0.3) is 8.32 Å². The van der Waals surface area contributed by atoms with Gasteiger partial charge in [0.2, 0.25) is 0 Å². The van der Waals surface area contributed by atoms with Gasteiger partial charge in [-0.1, -0.05) is 94.3 Å². The summed E-state index contributed by atoms with van der Waals surface area (Å²) in [6, 6.07) is 21.7. The van der Waals surface area contributed by atoms with E-state index in [0.717, 1.165) is 26.0 Å². The second-order valence-electron chi connectivity index (χ2n) is 7.71. The molecular formula is C22H33NOSi. The van der Waals surface area contributed by atoms with Crippen molar-refractivity contribution >= 4 is 18.7 Å². The highest BCUT2D eigenvalue weighted by Gasteiger charge is 2.49. The van der Waals surface area contributed by atoms with Crippen LogP contribution >= 0.6 is 0 Å². The Morgan fingerprint density at radius 2 is 1.24 bits per heavy atom. The highest BCUT2D eigenvalue weighted by Crippen LogP contribution is 2.36. The molecule has 136 valence electrons. The summed E-state index contributed by atoms with van der Waals surface area (Å²) in [6.07, 6.45) is 4.60. The number of hydrogen-bond acceptors (Lipinski definition) is 2. The zero-order valence-corrected chi connectivity index (χ0v) is 17.0. The van der Waals surface area contributed by atoms with Gasteiger partial charge in [-0.3, -0.25) is 0 Å². The highest BCUT2D eigenvalue weighted by atomic mass is 28.4. The summed E-state index contributed by atoms with van der Waals surface area (Å²) in [5.41, 5.74) is 5.60. The molecule has 2 aromatic carbocycles. The Kier molecular flexibility index (Phi) is 7.42. The van der Waals surface area contributed by atoms with Gasteiger partial charge in [0.05, 0.1) is 0 Å². The molecule has 0 aromatic heterocycles. The molecule has 2 N–H and O–H groups in total. The summed E-state index contributed by atoms with van der Waals surface area (Å²) in [7, 11) is -2.34. The monoisotopic (exact) mass is 355 g/mol. The van der Waals surface area contributed by atoms with Gasteiger partial charge in [0.15, 0.2) is 0 Å². The molecule has 25 heavy (non-hydrogen) atoms. The van der Waals surface area contributed by atoms with Crippen molar-refractivity contribution < 1.29 is 4.43 Å². The zero-order valence-electron chi connectivity index (χ0n) is 16.0. The Hall–Kier alpha value is -1.42. The number of hydrogen-bond donors (Lipinski definition) is 1. The van der Waals surface area contributed by atoms with Gasteiger partial charge in [0, 0.05) is 6.61 Å². The van der Waals surface area contributed by atoms with Gasteiger partial charge in [-0.2, -0.15) is 0 Å². The van der Waals surface area contributed by atoms with E-state index in [0.29, 0.717) is 0 Å². The van der Waals surface area contributed by atoms with E-state index < -0.39 is 8.32 Å². The molecule has 0 radical (unpaired) electrons. The lowest BCUT2D eigenvalue weighted by molar-refractivity contribution is 0.286. The molecule has 0 aliphatic rings. The fraction of sp³-hybridized carbons (Fsp3) is 0.455. The molecule has 0 fully saturated rings. The van der Waals surface area contributed by atoms with E-state index in [4.69, 9.17) is 10.2 Å². The van der Waals surface area contributed by atoms with Crippen LogP contribution in [0.25, 0.3) is 0 Å². The minimum absolute atomic E-state index is 0.0625. The van der Waals surface area contributed by atoms with Gasteiger partial charge in [-0.25, -0.2) is 0 Å². The summed E-state index contributed by atoms with van der Waals surface area (Å²) in [6.45, 7) is 8.59. The predicted octanol–water partition coefficient (Wildman–Crippen LogP) is 4.08. The molecule has 0 heterocycles. The van der Waals surface area contributed by atoms with Crippen molar-refractivity contribution in [3.8, 4) is 0 Å². The SMILES string of the molecule is CC(C)(C)[Si](OCCCCCCN)(c1ccccc1)c1ccccc1. The third-order valence-electron chi connectivity index (χ3n) is 4.83. The number of nitrogens with two attached hydrogens (primary N) is 1. The second kappa shape index (κ2) is 9.32. The van der Waals surface area contributed by atoms with Crippen molar-refractivity contribution in [2.45, 2.75) is 51.5 Å². The van der Waals surface area contributed by atoms with Crippen LogP contribution in [0.2, 0.25) is 5.04 Å². The molecule has 0 unspecified atom stereocenters. The molecule has 0 saturated carbocycles. The molecule has 0 atom stereocenters. The Bertz CT molecular complexity index is 567. The standard InChI is InChI=1S/C22H33NOSi/c1-22(2,3)25(20-14-8-6-9-15-20,21-16-10-7-11-17-21)24-19-13-5-4-12-18-23/h6-11,14-17H,4-5,12-13,18-19,23H2,1-3H3. The van der Waals surface area contributed by atoms with Gasteiger partial charge in [0.1, 0.15) is 0 Å². The summed E-state index contributed by atoms with van der Waals surface area (Å²) in [5, 5.41) is 2.78. The van der Waals surface area contributed by atoms with Crippen LogP contribution < -0.4 is 16.1 Å². The van der Waals surface area contributed by atoms with E-state index >= 15 is 0 Å². The second-order valence-corrected chi connectivity index (χ2v) is 12.0. The first-order valence-corrected chi connectivity index (χ1v) is 11.4. The molecule has 2 rings (SSSR count). The summed E-state index contributed by atoms with van der Waals surface area (Å²) < 4.78 is 6.85. The topological polar surface area (TPSA) is 35.2 Å². The largest absolute Gasteiger partial charge is 0.407 e. The van der Waals surface area contributed by atoms with Crippen LogP contribution in [0, 0.1) is 0 Å². The summed E-state index contributed by atoms with van der Waals surface area (Å²) in [5.74, 6) is 0. The van der Waals surface area contributed by atoms with Crippen LogP contribution in [-0.4, -0.2) is 21.5 Å². The van der Waals surface area contributed by atoms with Crippen molar-refractivity contribution in [1.82, 2.24) is 0 Å². The minimum Gasteiger partial charge on any atom is -0.407 e. The molecule has 0 bridgehead atoms. The van der Waals surface area contributed by atoms with E-state index in [1.165, 1.54) is 23.2 Å². The quantitative estimate of drug-likeness (QED) is 0.543. The first kappa shape index (κ1) is 19.9. The maximum absolute atomic E-state index is 6.85. The molecule has 0 amide bonds. The van der Waals surface area contributed by atoms with Gasteiger partial charge in [-0.05, 0) is 34.8 Å². The lowest BCUT2D eigenvalue weighted by Crippen LogP contribution is -2.66. The van der Waals surface area contributed by atoms with Crippen molar-refractivity contribution in [3.63, 3.8) is 0 Å². The molecule has 0 spiro atoms. The predicted molar refractivity (Wildman–Crippen MR) is 111 cm³/mol. The normalized spacial score (nSPS) is 12.3. The number of rotatable bonds is 9. The Labute approximate surface area is 154 Å². The average Bonchev–Trinajstić information content (AvgIpc) is 2.62. The Balaban J connectivity index is 2.33. The van der Waals surface area contributed by atoms with Crippen LogP contribution in [0.1, 0.15) is 46.5 Å². The zero-order chi connectivity index (χ0) is 18.2. The van der Waals surface area contributed by atoms with Crippen molar-refractivity contribution in [2.75, 3.05) is 13.2 Å². The third-order valence-corrected chi connectivity index (χ3v) is 9.88. The maximum Gasteiger partial charge on any atom is 0.261 e. The van der Waals surface area contributed by atoms with E-state index in [1.54, 1.807) is 0 Å². The van der Waals surface area contributed by atoms with Crippen LogP contribution in [0.3, 0.4) is 0 Å². The molecular weight excluding hydrogens is 322 g/mol. The number of benzene rings is 2. The number of unbranched alkanes of at least 4 members (excludes halogenated alkanes) is 3. The van der Waals surface area contributed by atoms with Gasteiger partial charge >= 0.3 is 0 Å². The molecule has 0 aliphatic carbocycles. The lowest BCUT2D eigenvalue weighted by atomic mass is 10.2. The van der Waals surface area contributed by atoms with E-state index in [1.807, 2.05) is 0 Å². The molecule has 0 aliphatic heterocycles. The fourth-order valence-corrected chi connectivity index (χ4v) is 8.19. The first-order chi connectivity index (χ1) is 12.0. The van der Waals surface area contributed by atoms with Crippen molar-refractivity contribution in [1.29, 1.82) is 0 Å². The highest BCUT2D eigenvalue weighted by molar-refractivity contribution is 6.99. The maximum atomic E-state index is 6.85.